The summed E-state index contributed by atoms with van der Waals surface area (Å²) in [6, 6.07) is 4.55. The summed E-state index contributed by atoms with van der Waals surface area (Å²) in [7, 11) is 0. The van der Waals surface area contributed by atoms with Crippen LogP contribution < -0.4 is 16.8 Å². The molecule has 1 aromatic heterocycles. The first kappa shape index (κ1) is 24.1. The lowest BCUT2D eigenvalue weighted by molar-refractivity contribution is -0.127. The zero-order valence-corrected chi connectivity index (χ0v) is 19.8. The van der Waals surface area contributed by atoms with Crippen LogP contribution in [-0.2, 0) is 4.79 Å². The Morgan fingerprint density at radius 1 is 1.03 bits per heavy atom. The quantitative estimate of drug-likeness (QED) is 0.550. The summed E-state index contributed by atoms with van der Waals surface area (Å²) in [4.78, 5) is 40.9. The maximum Gasteiger partial charge on any atom is 0.270 e. The number of aromatic nitrogens is 1. The summed E-state index contributed by atoms with van der Waals surface area (Å²) in [5.74, 6) is -2.00. The number of nitrogen functional groups attached to an aromatic ring is 1. The number of anilines is 1. The van der Waals surface area contributed by atoms with Gasteiger partial charge in [0.15, 0.2) is 5.69 Å². The third-order valence-electron chi connectivity index (χ3n) is 6.77. The smallest absolute Gasteiger partial charge is 0.270 e. The Kier molecular flexibility index (Phi) is 7.45. The number of nitrogens with zero attached hydrogens (tertiary/aromatic N) is 2. The molecule has 0 bridgehead atoms. The fourth-order valence-corrected chi connectivity index (χ4v) is 5.78. The molecule has 5 N–H and O–H groups in total. The molecule has 0 aliphatic heterocycles. The number of benzene rings is 1. The molecule has 34 heavy (non-hydrogen) atoms. The summed E-state index contributed by atoms with van der Waals surface area (Å²) in [6.45, 7) is 0. The first-order chi connectivity index (χ1) is 16.4. The summed E-state index contributed by atoms with van der Waals surface area (Å²) in [6.07, 6.45) is 8.36. The van der Waals surface area contributed by atoms with E-state index in [1.165, 1.54) is 12.1 Å². The zero-order valence-electron chi connectivity index (χ0n) is 19.0. The maximum absolute atomic E-state index is 13.9. The molecule has 2 fully saturated rings. The van der Waals surface area contributed by atoms with E-state index in [4.69, 9.17) is 11.5 Å². The minimum absolute atomic E-state index is 0.0414. The van der Waals surface area contributed by atoms with Crippen molar-refractivity contribution in [1.29, 1.82) is 0 Å². The maximum atomic E-state index is 13.9. The summed E-state index contributed by atoms with van der Waals surface area (Å²) >= 11 is 0.803. The van der Waals surface area contributed by atoms with Crippen molar-refractivity contribution in [2.24, 2.45) is 5.73 Å². The predicted molar refractivity (Wildman–Crippen MR) is 128 cm³/mol. The average Bonchev–Trinajstić information content (AvgIpc) is 3.48. The molecule has 8 nitrogen and oxygen atoms in total. The minimum Gasteiger partial charge on any atom is -0.395 e. The highest BCUT2D eigenvalue weighted by molar-refractivity contribution is 7.09. The third kappa shape index (κ3) is 5.06. The number of nitrogens with one attached hydrogen (secondary N) is 1. The zero-order chi connectivity index (χ0) is 24.2. The Labute approximate surface area is 202 Å². The van der Waals surface area contributed by atoms with Crippen molar-refractivity contribution >= 4 is 34.9 Å². The van der Waals surface area contributed by atoms with E-state index in [2.05, 4.69) is 9.69 Å². The summed E-state index contributed by atoms with van der Waals surface area (Å²) in [5, 5.41) is 3.14. The standard InChI is InChI=1S/C24H30FN5O3S/c25-15-12-10-14(11-13-15)20(23(32)28-16-6-2-1-3-7-16)30(17-8-4-5-9-17)24(33)21-18(26)19(22(27)31)29-34-21/h10-13,16-17,20H,1-9,26H2,(H2,27,31)(H,28,32). The molecule has 2 aliphatic carbocycles. The largest absolute Gasteiger partial charge is 0.395 e. The number of nitrogens with two attached hydrogens (primary N) is 2. The fourth-order valence-electron chi connectivity index (χ4n) is 5.03. The highest BCUT2D eigenvalue weighted by Crippen LogP contribution is 2.36. The van der Waals surface area contributed by atoms with Crippen molar-refractivity contribution < 1.29 is 18.8 Å². The summed E-state index contributed by atoms with van der Waals surface area (Å²) < 4.78 is 17.7. The molecule has 2 aromatic rings. The molecule has 182 valence electrons. The number of hydrogen-bond donors (Lipinski definition) is 3. The van der Waals surface area contributed by atoms with Gasteiger partial charge in [0.05, 0.1) is 5.69 Å². The van der Waals surface area contributed by atoms with E-state index in [0.29, 0.717) is 5.56 Å². The van der Waals surface area contributed by atoms with Crippen molar-refractivity contribution in [3.05, 3.63) is 46.2 Å². The number of halogens is 1. The molecular formula is C24H30FN5O3S. The average molecular weight is 488 g/mol. The number of amides is 3. The van der Waals surface area contributed by atoms with Crippen molar-refractivity contribution in [1.82, 2.24) is 14.6 Å². The van der Waals surface area contributed by atoms with E-state index in [0.717, 1.165) is 69.3 Å². The number of rotatable bonds is 7. The second-order valence-electron chi connectivity index (χ2n) is 9.09. The fraction of sp³-hybridized carbons (Fsp3) is 0.500. The van der Waals surface area contributed by atoms with Crippen LogP contribution in [0.25, 0.3) is 0 Å². The Hall–Kier alpha value is -3.01. The van der Waals surface area contributed by atoms with E-state index in [9.17, 15) is 18.8 Å². The van der Waals surface area contributed by atoms with Crippen LogP contribution in [0, 0.1) is 5.82 Å². The molecule has 1 heterocycles. The molecule has 0 radical (unpaired) electrons. The van der Waals surface area contributed by atoms with Gasteiger partial charge in [-0.05, 0) is 54.9 Å². The van der Waals surface area contributed by atoms with E-state index in [1.54, 1.807) is 17.0 Å². The van der Waals surface area contributed by atoms with Crippen LogP contribution >= 0.6 is 11.5 Å². The Morgan fingerprint density at radius 3 is 2.24 bits per heavy atom. The van der Waals surface area contributed by atoms with E-state index in [1.807, 2.05) is 0 Å². The third-order valence-corrected chi connectivity index (χ3v) is 7.62. The molecule has 0 saturated heterocycles. The van der Waals surface area contributed by atoms with Crippen LogP contribution in [0.2, 0.25) is 0 Å². The first-order valence-electron chi connectivity index (χ1n) is 11.8. The van der Waals surface area contributed by atoms with Crippen LogP contribution in [0.15, 0.2) is 24.3 Å². The van der Waals surface area contributed by atoms with Gasteiger partial charge in [0, 0.05) is 12.1 Å². The van der Waals surface area contributed by atoms with Gasteiger partial charge in [0.1, 0.15) is 16.7 Å². The lowest BCUT2D eigenvalue weighted by Gasteiger charge is -2.37. The van der Waals surface area contributed by atoms with E-state index >= 15 is 0 Å². The van der Waals surface area contributed by atoms with Crippen LogP contribution in [-0.4, -0.2) is 39.1 Å². The molecule has 1 aromatic carbocycles. The molecule has 2 saturated carbocycles. The lowest BCUT2D eigenvalue weighted by atomic mass is 9.94. The van der Waals surface area contributed by atoms with E-state index < -0.39 is 23.7 Å². The minimum atomic E-state index is -0.961. The van der Waals surface area contributed by atoms with Crippen molar-refractivity contribution in [3.8, 4) is 0 Å². The van der Waals surface area contributed by atoms with Gasteiger partial charge in [-0.2, -0.15) is 4.37 Å². The predicted octanol–water partition coefficient (Wildman–Crippen LogP) is 3.54. The topological polar surface area (TPSA) is 131 Å². The Bertz CT molecular complexity index is 1050. The molecule has 4 rings (SSSR count). The summed E-state index contributed by atoms with van der Waals surface area (Å²) in [5.41, 5.74) is 11.7. The van der Waals surface area contributed by atoms with Crippen molar-refractivity contribution in [2.75, 3.05) is 5.73 Å². The van der Waals surface area contributed by atoms with Gasteiger partial charge in [-0.1, -0.05) is 44.2 Å². The van der Waals surface area contributed by atoms with E-state index in [-0.39, 0.29) is 34.2 Å². The molecule has 10 heteroatoms. The Morgan fingerprint density at radius 2 is 1.65 bits per heavy atom. The van der Waals surface area contributed by atoms with Gasteiger partial charge in [-0.15, -0.1) is 0 Å². The molecule has 0 spiro atoms. The second kappa shape index (κ2) is 10.5. The number of hydrogen-bond acceptors (Lipinski definition) is 6. The van der Waals surface area contributed by atoms with Crippen molar-refractivity contribution in [3.63, 3.8) is 0 Å². The second-order valence-corrected chi connectivity index (χ2v) is 9.86. The van der Waals surface area contributed by atoms with Crippen LogP contribution in [0.1, 0.15) is 89.6 Å². The van der Waals surface area contributed by atoms with Gasteiger partial charge in [-0.25, -0.2) is 4.39 Å². The monoisotopic (exact) mass is 487 g/mol. The van der Waals surface area contributed by atoms with Crippen molar-refractivity contribution in [2.45, 2.75) is 75.9 Å². The normalized spacial score (nSPS) is 17.9. The molecule has 1 atom stereocenters. The SMILES string of the molecule is NC(=O)c1nsc(C(=O)N(C2CCCC2)C(C(=O)NC2CCCCC2)c2ccc(F)cc2)c1N. The van der Waals surface area contributed by atoms with Gasteiger partial charge < -0.3 is 21.7 Å². The van der Waals surface area contributed by atoms with Crippen LogP contribution in [0.5, 0.6) is 0 Å². The number of primary amides is 1. The number of carbonyl (C=O) groups is 3. The first-order valence-corrected chi connectivity index (χ1v) is 12.6. The molecule has 1 unspecified atom stereocenters. The Balaban J connectivity index is 1.74. The van der Waals surface area contributed by atoms with Gasteiger partial charge in [0.25, 0.3) is 11.8 Å². The van der Waals surface area contributed by atoms with Crippen LogP contribution in [0.4, 0.5) is 10.1 Å². The van der Waals surface area contributed by atoms with Gasteiger partial charge >= 0.3 is 0 Å². The highest BCUT2D eigenvalue weighted by Gasteiger charge is 2.40. The van der Waals surface area contributed by atoms with Gasteiger partial charge in [-0.3, -0.25) is 14.4 Å². The van der Waals surface area contributed by atoms with Gasteiger partial charge in [0.2, 0.25) is 5.91 Å². The van der Waals surface area contributed by atoms with Crippen LogP contribution in [0.3, 0.4) is 0 Å². The molecular weight excluding hydrogens is 457 g/mol. The molecule has 2 aliphatic rings. The highest BCUT2D eigenvalue weighted by atomic mass is 32.1. The number of carbonyl (C=O) groups excluding carboxylic acids is 3. The lowest BCUT2D eigenvalue weighted by Crippen LogP contribution is -2.50. The molecule has 3 amide bonds.